The highest BCUT2D eigenvalue weighted by atomic mass is 16.2. The number of para-hydroxylation sites is 1. The van der Waals surface area contributed by atoms with Gasteiger partial charge in [0.1, 0.15) is 0 Å². The van der Waals surface area contributed by atoms with Crippen LogP contribution in [-0.2, 0) is 24.1 Å². The summed E-state index contributed by atoms with van der Waals surface area (Å²) in [6.07, 6.45) is 7.60. The fraction of sp³-hybridized carbons (Fsp3) is 0.375. The van der Waals surface area contributed by atoms with Crippen LogP contribution in [0.4, 0.5) is 0 Å². The van der Waals surface area contributed by atoms with Gasteiger partial charge in [-0.05, 0) is 54.9 Å². The number of carbonyl (C=O) groups is 1. The number of benzene rings is 2. The van der Waals surface area contributed by atoms with Gasteiger partial charge in [-0.3, -0.25) is 4.79 Å². The summed E-state index contributed by atoms with van der Waals surface area (Å²) in [6, 6.07) is 17.4. The number of carbonyl (C=O) groups excluding carboxylic acids is 1. The van der Waals surface area contributed by atoms with Gasteiger partial charge in [0, 0.05) is 36.1 Å². The van der Waals surface area contributed by atoms with E-state index in [1.807, 2.05) is 6.07 Å². The largest absolute Gasteiger partial charge is 0.361 e. The first-order valence-electron chi connectivity index (χ1n) is 10.2. The van der Waals surface area contributed by atoms with Crippen molar-refractivity contribution in [3.8, 4) is 0 Å². The van der Waals surface area contributed by atoms with Crippen LogP contribution < -0.4 is 0 Å². The molecule has 1 unspecified atom stereocenters. The molecule has 0 saturated heterocycles. The number of hydrogen-bond donors (Lipinski definition) is 1. The third-order valence-corrected chi connectivity index (χ3v) is 5.83. The van der Waals surface area contributed by atoms with E-state index in [1.165, 1.54) is 22.1 Å². The lowest BCUT2D eigenvalue weighted by atomic mass is 9.87. The zero-order valence-electron chi connectivity index (χ0n) is 16.1. The average molecular weight is 361 g/mol. The highest BCUT2D eigenvalue weighted by molar-refractivity contribution is 5.84. The number of aromatic amines is 1. The van der Waals surface area contributed by atoms with Crippen LogP contribution in [0.5, 0.6) is 0 Å². The summed E-state index contributed by atoms with van der Waals surface area (Å²) in [7, 11) is 0. The van der Waals surface area contributed by atoms with Crippen molar-refractivity contribution in [1.29, 1.82) is 0 Å². The van der Waals surface area contributed by atoms with Crippen LogP contribution in [0.15, 0.2) is 54.7 Å². The van der Waals surface area contributed by atoms with E-state index < -0.39 is 0 Å². The standard InChI is InChI=1S/C24H28N2O/c1-2-15-26(21-13-11-18-7-3-4-8-19(18)16-21)24(27)14-12-20-17-25-23-10-6-5-9-22(20)23/h3-10,17,21,25H,2,11-16H2,1H3. The summed E-state index contributed by atoms with van der Waals surface area (Å²) in [5.74, 6) is 0.298. The van der Waals surface area contributed by atoms with Crippen molar-refractivity contribution in [2.45, 2.75) is 51.5 Å². The van der Waals surface area contributed by atoms with E-state index >= 15 is 0 Å². The zero-order chi connectivity index (χ0) is 18.6. The van der Waals surface area contributed by atoms with Gasteiger partial charge in [-0.2, -0.15) is 0 Å². The topological polar surface area (TPSA) is 36.1 Å². The van der Waals surface area contributed by atoms with Gasteiger partial charge in [0.15, 0.2) is 0 Å². The molecular weight excluding hydrogens is 332 g/mol. The minimum absolute atomic E-state index is 0.298. The second-order valence-electron chi connectivity index (χ2n) is 7.61. The Hall–Kier alpha value is -2.55. The Labute approximate surface area is 161 Å². The van der Waals surface area contributed by atoms with Gasteiger partial charge < -0.3 is 9.88 Å². The number of fused-ring (bicyclic) bond motifs is 2. The first kappa shape index (κ1) is 17.8. The molecule has 1 atom stereocenters. The molecule has 1 heterocycles. The molecule has 1 aliphatic rings. The predicted molar refractivity (Wildman–Crippen MR) is 111 cm³/mol. The van der Waals surface area contributed by atoms with Gasteiger partial charge in [-0.25, -0.2) is 0 Å². The van der Waals surface area contributed by atoms with Crippen molar-refractivity contribution < 1.29 is 4.79 Å². The molecule has 1 aromatic heterocycles. The van der Waals surface area contributed by atoms with Crippen LogP contribution in [0.3, 0.4) is 0 Å². The fourth-order valence-corrected chi connectivity index (χ4v) is 4.42. The Morgan fingerprint density at radius 2 is 1.89 bits per heavy atom. The molecule has 4 rings (SSSR count). The summed E-state index contributed by atoms with van der Waals surface area (Å²) < 4.78 is 0. The molecule has 3 aromatic rings. The highest BCUT2D eigenvalue weighted by Crippen LogP contribution is 2.26. The Morgan fingerprint density at radius 3 is 2.74 bits per heavy atom. The monoisotopic (exact) mass is 360 g/mol. The van der Waals surface area contributed by atoms with E-state index in [0.29, 0.717) is 18.4 Å². The van der Waals surface area contributed by atoms with E-state index in [1.54, 1.807) is 0 Å². The summed E-state index contributed by atoms with van der Waals surface area (Å²) >= 11 is 0. The molecule has 27 heavy (non-hydrogen) atoms. The molecule has 0 radical (unpaired) electrons. The zero-order valence-corrected chi connectivity index (χ0v) is 16.1. The third-order valence-electron chi connectivity index (χ3n) is 5.83. The number of rotatable bonds is 6. The van der Waals surface area contributed by atoms with Crippen molar-refractivity contribution in [1.82, 2.24) is 9.88 Å². The SMILES string of the molecule is CCCN(C(=O)CCc1c[nH]c2ccccc12)C1CCc2ccccc2C1. The molecule has 140 valence electrons. The lowest BCUT2D eigenvalue weighted by Gasteiger charge is -2.35. The van der Waals surface area contributed by atoms with E-state index in [0.717, 1.165) is 44.2 Å². The quantitative estimate of drug-likeness (QED) is 0.667. The van der Waals surface area contributed by atoms with Gasteiger partial charge in [0.25, 0.3) is 0 Å². The molecule has 1 aliphatic carbocycles. The second-order valence-corrected chi connectivity index (χ2v) is 7.61. The maximum Gasteiger partial charge on any atom is 0.223 e. The second kappa shape index (κ2) is 7.99. The number of aromatic nitrogens is 1. The van der Waals surface area contributed by atoms with Crippen LogP contribution in [-0.4, -0.2) is 28.4 Å². The summed E-state index contributed by atoms with van der Waals surface area (Å²) in [4.78, 5) is 18.6. The number of aryl methyl sites for hydroxylation is 2. The number of amides is 1. The smallest absolute Gasteiger partial charge is 0.223 e. The molecule has 3 heteroatoms. The van der Waals surface area contributed by atoms with Crippen molar-refractivity contribution in [2.24, 2.45) is 0 Å². The Bertz CT molecular complexity index is 927. The number of hydrogen-bond acceptors (Lipinski definition) is 1. The summed E-state index contributed by atoms with van der Waals surface area (Å²) in [5.41, 5.74) is 5.26. The van der Waals surface area contributed by atoms with Crippen molar-refractivity contribution in [2.75, 3.05) is 6.54 Å². The first-order valence-corrected chi connectivity index (χ1v) is 10.2. The lowest BCUT2D eigenvalue weighted by molar-refractivity contribution is -0.133. The van der Waals surface area contributed by atoms with Crippen LogP contribution in [0.2, 0.25) is 0 Å². The van der Waals surface area contributed by atoms with Gasteiger partial charge in [0.2, 0.25) is 5.91 Å². The molecule has 2 aromatic carbocycles. The highest BCUT2D eigenvalue weighted by Gasteiger charge is 2.26. The molecule has 0 fully saturated rings. The van der Waals surface area contributed by atoms with Crippen LogP contribution in [0, 0.1) is 0 Å². The fourth-order valence-electron chi connectivity index (χ4n) is 4.42. The molecule has 0 saturated carbocycles. The van der Waals surface area contributed by atoms with Gasteiger partial charge in [0.05, 0.1) is 0 Å². The van der Waals surface area contributed by atoms with Crippen molar-refractivity contribution in [3.05, 3.63) is 71.4 Å². The van der Waals surface area contributed by atoms with E-state index in [4.69, 9.17) is 0 Å². The molecule has 0 aliphatic heterocycles. The minimum Gasteiger partial charge on any atom is -0.361 e. The number of nitrogens with zero attached hydrogens (tertiary/aromatic N) is 1. The predicted octanol–water partition coefficient (Wildman–Crippen LogP) is 4.90. The van der Waals surface area contributed by atoms with Crippen molar-refractivity contribution in [3.63, 3.8) is 0 Å². The average Bonchev–Trinajstić information content (AvgIpc) is 3.13. The number of nitrogens with one attached hydrogen (secondary N) is 1. The summed E-state index contributed by atoms with van der Waals surface area (Å²) in [6.45, 7) is 3.02. The number of H-pyrrole nitrogens is 1. The van der Waals surface area contributed by atoms with Crippen molar-refractivity contribution >= 4 is 16.8 Å². The third kappa shape index (κ3) is 3.78. The van der Waals surface area contributed by atoms with Crippen LogP contribution >= 0.6 is 0 Å². The lowest BCUT2D eigenvalue weighted by Crippen LogP contribution is -2.44. The van der Waals surface area contributed by atoms with E-state index in [9.17, 15) is 4.79 Å². The Balaban J connectivity index is 1.45. The van der Waals surface area contributed by atoms with Crippen LogP contribution in [0.1, 0.15) is 42.9 Å². The summed E-state index contributed by atoms with van der Waals surface area (Å²) in [5, 5.41) is 1.24. The van der Waals surface area contributed by atoms with Gasteiger partial charge >= 0.3 is 0 Å². The minimum atomic E-state index is 0.298. The Kier molecular flexibility index (Phi) is 5.28. The molecule has 1 amide bonds. The van der Waals surface area contributed by atoms with Gasteiger partial charge in [-0.1, -0.05) is 49.4 Å². The van der Waals surface area contributed by atoms with E-state index in [2.05, 4.69) is 65.5 Å². The first-order chi connectivity index (χ1) is 13.3. The molecule has 1 N–H and O–H groups in total. The molecular formula is C24H28N2O. The Morgan fingerprint density at radius 1 is 1.11 bits per heavy atom. The normalized spacial score (nSPS) is 16.3. The molecule has 0 bridgehead atoms. The molecule has 0 spiro atoms. The maximum absolute atomic E-state index is 13.1. The maximum atomic E-state index is 13.1. The van der Waals surface area contributed by atoms with Crippen LogP contribution in [0.25, 0.3) is 10.9 Å². The molecule has 3 nitrogen and oxygen atoms in total. The van der Waals surface area contributed by atoms with Gasteiger partial charge in [-0.15, -0.1) is 0 Å². The van der Waals surface area contributed by atoms with E-state index in [-0.39, 0.29) is 0 Å².